The lowest BCUT2D eigenvalue weighted by Crippen LogP contribution is -2.45. The van der Waals surface area contributed by atoms with Gasteiger partial charge >= 0.3 is 0 Å². The molecule has 1 atom stereocenters. The Kier molecular flexibility index (Phi) is 3.74. The molecule has 1 aromatic rings. The number of hydrogen-bond donors (Lipinski definition) is 1. The highest BCUT2D eigenvalue weighted by Crippen LogP contribution is 2.41. The summed E-state index contributed by atoms with van der Waals surface area (Å²) in [6.45, 7) is 2.48. The molecule has 3 heterocycles. The Morgan fingerprint density at radius 2 is 2.11 bits per heavy atom. The van der Waals surface area contributed by atoms with Crippen LogP contribution in [-0.2, 0) is 9.47 Å². The number of ether oxygens (including phenoxy) is 2. The molecule has 2 aliphatic rings. The maximum Gasteiger partial charge on any atom is 0.203 e. The number of anilines is 1. The molecule has 1 aromatic heterocycles. The molecule has 0 aromatic carbocycles. The average molecular weight is 287 g/mol. The minimum absolute atomic E-state index is 0.0460. The number of thioether (sulfide) groups is 1. The normalized spacial score (nSPS) is 27.4. The van der Waals surface area contributed by atoms with Crippen molar-refractivity contribution in [3.8, 4) is 0 Å². The summed E-state index contributed by atoms with van der Waals surface area (Å²) in [5, 5.41) is 9.05. The zero-order valence-electron chi connectivity index (χ0n) is 10.1. The second-order valence-electron chi connectivity index (χ2n) is 4.78. The van der Waals surface area contributed by atoms with Crippen LogP contribution in [0.3, 0.4) is 0 Å². The highest BCUT2D eigenvalue weighted by atomic mass is 32.2. The van der Waals surface area contributed by atoms with E-state index >= 15 is 0 Å². The number of nitrogens with zero attached hydrogens (tertiary/aromatic N) is 2. The van der Waals surface area contributed by atoms with E-state index in [-0.39, 0.29) is 5.60 Å². The van der Waals surface area contributed by atoms with Crippen molar-refractivity contribution in [1.82, 2.24) is 10.2 Å². The van der Waals surface area contributed by atoms with E-state index in [0.717, 1.165) is 49.8 Å². The standard InChI is InChI=1S/C11H17N3O2S2/c12-9-13-14-10(18-9)17-8-1-4-16-11(7-8)2-5-15-6-3-11/h8H,1-7H2,(H2,12,13). The molecule has 2 saturated heterocycles. The van der Waals surface area contributed by atoms with Gasteiger partial charge < -0.3 is 15.2 Å². The lowest BCUT2D eigenvalue weighted by atomic mass is 9.86. The van der Waals surface area contributed by atoms with Gasteiger partial charge in [0.2, 0.25) is 5.13 Å². The molecule has 0 amide bonds. The van der Waals surface area contributed by atoms with Crippen LogP contribution in [0.2, 0.25) is 0 Å². The number of nitrogen functional groups attached to an aromatic ring is 1. The third-order valence-electron chi connectivity index (χ3n) is 3.54. The van der Waals surface area contributed by atoms with Gasteiger partial charge in [-0.05, 0) is 25.7 Å². The van der Waals surface area contributed by atoms with Gasteiger partial charge in [0.05, 0.1) is 5.60 Å². The highest BCUT2D eigenvalue weighted by Gasteiger charge is 2.39. The van der Waals surface area contributed by atoms with Crippen LogP contribution in [0.1, 0.15) is 25.7 Å². The molecule has 7 heteroatoms. The van der Waals surface area contributed by atoms with E-state index < -0.39 is 0 Å². The zero-order chi connectivity index (χ0) is 12.4. The van der Waals surface area contributed by atoms with E-state index in [1.165, 1.54) is 11.3 Å². The summed E-state index contributed by atoms with van der Waals surface area (Å²) in [5.74, 6) is 0. The average Bonchev–Trinajstić information content (AvgIpc) is 2.76. The molecule has 3 rings (SSSR count). The second kappa shape index (κ2) is 5.32. The Hall–Kier alpha value is -0.370. The minimum Gasteiger partial charge on any atom is -0.381 e. The quantitative estimate of drug-likeness (QED) is 0.896. The lowest BCUT2D eigenvalue weighted by Gasteiger charge is -2.42. The first-order chi connectivity index (χ1) is 8.76. The summed E-state index contributed by atoms with van der Waals surface area (Å²) >= 11 is 3.27. The van der Waals surface area contributed by atoms with Crippen LogP contribution < -0.4 is 5.73 Å². The first-order valence-corrected chi connectivity index (χ1v) is 7.93. The summed E-state index contributed by atoms with van der Waals surface area (Å²) in [6.07, 6.45) is 4.19. The van der Waals surface area contributed by atoms with Crippen LogP contribution in [0.4, 0.5) is 5.13 Å². The summed E-state index contributed by atoms with van der Waals surface area (Å²) in [7, 11) is 0. The van der Waals surface area contributed by atoms with Crippen molar-refractivity contribution in [3.63, 3.8) is 0 Å². The fourth-order valence-electron chi connectivity index (χ4n) is 2.59. The third kappa shape index (κ3) is 2.79. The van der Waals surface area contributed by atoms with Gasteiger partial charge in [-0.3, -0.25) is 0 Å². The molecule has 2 fully saturated rings. The number of nitrogens with two attached hydrogens (primary N) is 1. The Balaban J connectivity index is 1.63. The minimum atomic E-state index is 0.0460. The van der Waals surface area contributed by atoms with Gasteiger partial charge in [-0.1, -0.05) is 23.1 Å². The predicted molar refractivity (Wildman–Crippen MR) is 71.9 cm³/mol. The van der Waals surface area contributed by atoms with E-state index in [1.807, 2.05) is 0 Å². The van der Waals surface area contributed by atoms with Gasteiger partial charge in [-0.15, -0.1) is 10.2 Å². The van der Waals surface area contributed by atoms with Crippen LogP contribution in [-0.4, -0.2) is 40.9 Å². The largest absolute Gasteiger partial charge is 0.381 e. The van der Waals surface area contributed by atoms with Crippen molar-refractivity contribution < 1.29 is 9.47 Å². The van der Waals surface area contributed by atoms with Gasteiger partial charge in [-0.2, -0.15) is 0 Å². The fourth-order valence-corrected chi connectivity index (χ4v) is 4.76. The first-order valence-electron chi connectivity index (χ1n) is 6.23. The summed E-state index contributed by atoms with van der Waals surface area (Å²) in [4.78, 5) is 0. The molecular formula is C11H17N3O2S2. The fraction of sp³-hybridized carbons (Fsp3) is 0.818. The van der Waals surface area contributed by atoms with Gasteiger partial charge in [-0.25, -0.2) is 0 Å². The molecule has 2 N–H and O–H groups in total. The van der Waals surface area contributed by atoms with Crippen LogP contribution in [0.15, 0.2) is 4.34 Å². The Morgan fingerprint density at radius 1 is 1.28 bits per heavy atom. The van der Waals surface area contributed by atoms with Crippen LogP contribution in [0.25, 0.3) is 0 Å². The molecule has 1 spiro atoms. The maximum atomic E-state index is 6.03. The van der Waals surface area contributed by atoms with E-state index in [1.54, 1.807) is 11.8 Å². The molecular weight excluding hydrogens is 270 g/mol. The van der Waals surface area contributed by atoms with Crippen molar-refractivity contribution in [3.05, 3.63) is 0 Å². The van der Waals surface area contributed by atoms with Crippen LogP contribution >= 0.6 is 23.1 Å². The van der Waals surface area contributed by atoms with E-state index in [2.05, 4.69) is 10.2 Å². The molecule has 1 unspecified atom stereocenters. The van der Waals surface area contributed by atoms with Crippen LogP contribution in [0.5, 0.6) is 0 Å². The van der Waals surface area contributed by atoms with Crippen molar-refractivity contribution in [2.45, 2.75) is 40.9 Å². The SMILES string of the molecule is Nc1nnc(SC2CCOC3(CCOCC3)C2)s1. The van der Waals surface area contributed by atoms with Crippen molar-refractivity contribution in [1.29, 1.82) is 0 Å². The molecule has 100 valence electrons. The van der Waals surface area contributed by atoms with Crippen LogP contribution in [0, 0.1) is 0 Å². The van der Waals surface area contributed by atoms with E-state index in [4.69, 9.17) is 15.2 Å². The van der Waals surface area contributed by atoms with Gasteiger partial charge in [0.15, 0.2) is 4.34 Å². The van der Waals surface area contributed by atoms with Gasteiger partial charge in [0.1, 0.15) is 0 Å². The Labute approximate surface area is 114 Å². The monoisotopic (exact) mass is 287 g/mol. The highest BCUT2D eigenvalue weighted by molar-refractivity contribution is 8.01. The van der Waals surface area contributed by atoms with Crippen molar-refractivity contribution in [2.75, 3.05) is 25.6 Å². The first kappa shape index (κ1) is 12.7. The van der Waals surface area contributed by atoms with E-state index in [0.29, 0.717) is 10.4 Å². The summed E-state index contributed by atoms with van der Waals surface area (Å²) in [5.41, 5.74) is 5.66. The number of aromatic nitrogens is 2. The predicted octanol–water partition coefficient (Wildman–Crippen LogP) is 1.94. The summed E-state index contributed by atoms with van der Waals surface area (Å²) in [6, 6.07) is 0. The number of rotatable bonds is 2. The second-order valence-corrected chi connectivity index (χ2v) is 7.34. The molecule has 0 saturated carbocycles. The molecule has 2 aliphatic heterocycles. The molecule has 0 bridgehead atoms. The van der Waals surface area contributed by atoms with Gasteiger partial charge in [0.25, 0.3) is 0 Å². The smallest absolute Gasteiger partial charge is 0.203 e. The van der Waals surface area contributed by atoms with Gasteiger partial charge in [0, 0.05) is 25.1 Å². The Morgan fingerprint density at radius 3 is 2.83 bits per heavy atom. The third-order valence-corrected chi connectivity index (χ3v) is 5.65. The summed E-state index contributed by atoms with van der Waals surface area (Å²) < 4.78 is 12.4. The molecule has 0 radical (unpaired) electrons. The molecule has 18 heavy (non-hydrogen) atoms. The number of hydrogen-bond acceptors (Lipinski definition) is 7. The maximum absolute atomic E-state index is 6.03. The molecule has 5 nitrogen and oxygen atoms in total. The van der Waals surface area contributed by atoms with Crippen molar-refractivity contribution in [2.24, 2.45) is 0 Å². The topological polar surface area (TPSA) is 70.3 Å². The molecule has 0 aliphatic carbocycles. The van der Waals surface area contributed by atoms with E-state index in [9.17, 15) is 0 Å². The van der Waals surface area contributed by atoms with Crippen molar-refractivity contribution >= 4 is 28.2 Å². The Bertz CT molecular complexity index is 401. The zero-order valence-corrected chi connectivity index (χ0v) is 11.8. The lowest BCUT2D eigenvalue weighted by molar-refractivity contribution is -0.131.